The molecule has 0 aliphatic rings. The van der Waals surface area contributed by atoms with Crippen LogP contribution >= 0.6 is 15.9 Å². The molecule has 0 saturated carbocycles. The summed E-state index contributed by atoms with van der Waals surface area (Å²) in [6.45, 7) is 4.41. The number of unbranched alkanes of at least 4 members (excludes halogenated alkanes) is 1. The van der Waals surface area contributed by atoms with Gasteiger partial charge in [0.25, 0.3) is 0 Å². The molecule has 0 spiro atoms. The summed E-state index contributed by atoms with van der Waals surface area (Å²) in [7, 11) is 0. The van der Waals surface area contributed by atoms with Crippen LogP contribution in [0.3, 0.4) is 0 Å². The van der Waals surface area contributed by atoms with E-state index in [1.54, 1.807) is 6.07 Å². The van der Waals surface area contributed by atoms with E-state index in [1.165, 1.54) is 0 Å². The Labute approximate surface area is 111 Å². The zero-order valence-corrected chi connectivity index (χ0v) is 11.6. The fourth-order valence-electron chi connectivity index (χ4n) is 1.37. The minimum atomic E-state index is 0.647. The highest BCUT2D eigenvalue weighted by molar-refractivity contribution is 9.10. The van der Waals surface area contributed by atoms with Crippen molar-refractivity contribution in [1.29, 1.82) is 5.26 Å². The maximum atomic E-state index is 8.83. The van der Waals surface area contributed by atoms with Crippen LogP contribution in [0.25, 0.3) is 0 Å². The molecule has 0 heterocycles. The molecule has 0 amide bonds. The Morgan fingerprint density at radius 3 is 2.88 bits per heavy atom. The fraction of sp³-hybridized carbons (Fsp3) is 0.462. The Morgan fingerprint density at radius 2 is 2.18 bits per heavy atom. The number of halogens is 1. The minimum absolute atomic E-state index is 0.647. The van der Waals surface area contributed by atoms with Gasteiger partial charge in [-0.15, -0.1) is 0 Å². The van der Waals surface area contributed by atoms with Crippen molar-refractivity contribution in [3.8, 4) is 6.07 Å². The maximum Gasteiger partial charge on any atom is 0.0992 e. The first-order valence-corrected chi connectivity index (χ1v) is 6.58. The van der Waals surface area contributed by atoms with Crippen LogP contribution in [-0.4, -0.2) is 19.8 Å². The fourth-order valence-corrected chi connectivity index (χ4v) is 1.87. The molecule has 4 heteroatoms. The summed E-state index contributed by atoms with van der Waals surface area (Å²) in [6.07, 6.45) is 2.26. The minimum Gasteiger partial charge on any atom is -0.383 e. The van der Waals surface area contributed by atoms with Crippen molar-refractivity contribution < 1.29 is 4.74 Å². The second-order valence-electron chi connectivity index (χ2n) is 3.73. The number of nitrogens with one attached hydrogen (secondary N) is 1. The molecule has 0 aliphatic heterocycles. The highest BCUT2D eigenvalue weighted by Gasteiger charge is 1.98. The monoisotopic (exact) mass is 296 g/mol. The van der Waals surface area contributed by atoms with Crippen LogP contribution in [0.4, 0.5) is 5.69 Å². The van der Waals surface area contributed by atoms with E-state index in [4.69, 9.17) is 10.00 Å². The third-order valence-electron chi connectivity index (χ3n) is 2.24. The molecule has 1 aromatic rings. The van der Waals surface area contributed by atoms with Crippen molar-refractivity contribution in [2.45, 2.75) is 19.8 Å². The molecule has 0 bridgehead atoms. The van der Waals surface area contributed by atoms with Gasteiger partial charge < -0.3 is 10.1 Å². The Morgan fingerprint density at radius 1 is 1.35 bits per heavy atom. The van der Waals surface area contributed by atoms with Crippen LogP contribution < -0.4 is 5.32 Å². The zero-order chi connectivity index (χ0) is 12.5. The Bertz CT molecular complexity index is 387. The quantitative estimate of drug-likeness (QED) is 0.783. The summed E-state index contributed by atoms with van der Waals surface area (Å²) in [6, 6.07) is 7.70. The van der Waals surface area contributed by atoms with E-state index in [2.05, 4.69) is 34.2 Å². The van der Waals surface area contributed by atoms with Crippen LogP contribution in [0.15, 0.2) is 22.7 Å². The molecule has 0 radical (unpaired) electrons. The zero-order valence-electron chi connectivity index (χ0n) is 10.0. The predicted octanol–water partition coefficient (Wildman–Crippen LogP) is 3.55. The number of anilines is 1. The highest BCUT2D eigenvalue weighted by atomic mass is 79.9. The molecule has 1 N–H and O–H groups in total. The summed E-state index contributed by atoms with van der Waals surface area (Å²) < 4.78 is 6.35. The van der Waals surface area contributed by atoms with E-state index < -0.39 is 0 Å². The highest BCUT2D eigenvalue weighted by Crippen LogP contribution is 2.18. The maximum absolute atomic E-state index is 8.83. The summed E-state index contributed by atoms with van der Waals surface area (Å²) >= 11 is 3.37. The molecule has 0 atom stereocenters. The van der Waals surface area contributed by atoms with Crippen molar-refractivity contribution in [2.75, 3.05) is 25.1 Å². The van der Waals surface area contributed by atoms with Crippen LogP contribution in [0, 0.1) is 11.3 Å². The number of nitrogens with zero attached hydrogens (tertiary/aromatic N) is 1. The molecule has 17 heavy (non-hydrogen) atoms. The number of hydrogen-bond acceptors (Lipinski definition) is 3. The van der Waals surface area contributed by atoms with Gasteiger partial charge in [0.05, 0.1) is 18.2 Å². The molecule has 0 aromatic heterocycles. The van der Waals surface area contributed by atoms with Gasteiger partial charge in [0.2, 0.25) is 0 Å². The van der Waals surface area contributed by atoms with Crippen molar-refractivity contribution in [3.63, 3.8) is 0 Å². The molecular weight excluding hydrogens is 280 g/mol. The second kappa shape index (κ2) is 8.10. The van der Waals surface area contributed by atoms with Crippen LogP contribution in [-0.2, 0) is 4.74 Å². The van der Waals surface area contributed by atoms with E-state index in [0.29, 0.717) is 12.2 Å². The first kappa shape index (κ1) is 14.0. The molecule has 92 valence electrons. The van der Waals surface area contributed by atoms with E-state index in [1.807, 2.05) is 12.1 Å². The van der Waals surface area contributed by atoms with E-state index in [0.717, 1.165) is 36.2 Å². The van der Waals surface area contributed by atoms with Gasteiger partial charge in [-0.05, 0) is 24.6 Å². The number of ether oxygens (including phenoxy) is 1. The van der Waals surface area contributed by atoms with Gasteiger partial charge in [0.1, 0.15) is 0 Å². The van der Waals surface area contributed by atoms with Crippen LogP contribution in [0.5, 0.6) is 0 Å². The van der Waals surface area contributed by atoms with Crippen molar-refractivity contribution in [3.05, 3.63) is 28.2 Å². The molecule has 0 aliphatic carbocycles. The normalized spacial score (nSPS) is 9.94. The third kappa shape index (κ3) is 5.71. The number of nitriles is 1. The molecule has 1 rings (SSSR count). The average Bonchev–Trinajstić information content (AvgIpc) is 2.33. The molecule has 0 unspecified atom stereocenters. The van der Waals surface area contributed by atoms with Crippen LogP contribution in [0.1, 0.15) is 25.3 Å². The van der Waals surface area contributed by atoms with Crippen molar-refractivity contribution >= 4 is 21.6 Å². The van der Waals surface area contributed by atoms with E-state index >= 15 is 0 Å². The molecule has 1 aromatic carbocycles. The third-order valence-corrected chi connectivity index (χ3v) is 2.70. The standard InChI is InChI=1S/C13H17BrN2O/c1-2-3-5-17-6-4-16-13-8-11(10-15)7-12(14)9-13/h7-9,16H,2-6H2,1H3. The van der Waals surface area contributed by atoms with E-state index in [-0.39, 0.29) is 0 Å². The van der Waals surface area contributed by atoms with Crippen molar-refractivity contribution in [1.82, 2.24) is 0 Å². The Hall–Kier alpha value is -1.05. The Balaban J connectivity index is 2.32. The summed E-state index contributed by atoms with van der Waals surface area (Å²) in [5.41, 5.74) is 1.59. The first-order chi connectivity index (χ1) is 8.26. The van der Waals surface area contributed by atoms with Gasteiger partial charge in [-0.25, -0.2) is 0 Å². The summed E-state index contributed by atoms with van der Waals surface area (Å²) in [5, 5.41) is 12.1. The van der Waals surface area contributed by atoms with E-state index in [9.17, 15) is 0 Å². The average molecular weight is 297 g/mol. The van der Waals surface area contributed by atoms with Crippen molar-refractivity contribution in [2.24, 2.45) is 0 Å². The van der Waals surface area contributed by atoms with Gasteiger partial charge in [0.15, 0.2) is 0 Å². The SMILES string of the molecule is CCCCOCCNc1cc(Br)cc(C#N)c1. The summed E-state index contributed by atoms with van der Waals surface area (Å²) in [5.74, 6) is 0. The first-order valence-electron chi connectivity index (χ1n) is 5.78. The molecule has 0 fully saturated rings. The smallest absolute Gasteiger partial charge is 0.0992 e. The molecule has 3 nitrogen and oxygen atoms in total. The topological polar surface area (TPSA) is 45.0 Å². The largest absolute Gasteiger partial charge is 0.383 e. The summed E-state index contributed by atoms with van der Waals surface area (Å²) in [4.78, 5) is 0. The van der Waals surface area contributed by atoms with Gasteiger partial charge >= 0.3 is 0 Å². The number of rotatable bonds is 7. The lowest BCUT2D eigenvalue weighted by Gasteiger charge is -2.08. The lowest BCUT2D eigenvalue weighted by atomic mass is 10.2. The Kier molecular flexibility index (Phi) is 6.68. The molecule has 0 saturated heterocycles. The van der Waals surface area contributed by atoms with Crippen LogP contribution in [0.2, 0.25) is 0 Å². The lowest BCUT2D eigenvalue weighted by molar-refractivity contribution is 0.141. The van der Waals surface area contributed by atoms with Gasteiger partial charge in [0, 0.05) is 23.3 Å². The second-order valence-corrected chi connectivity index (χ2v) is 4.65. The van der Waals surface area contributed by atoms with Gasteiger partial charge in [-0.3, -0.25) is 0 Å². The molecular formula is C13H17BrN2O. The van der Waals surface area contributed by atoms with Gasteiger partial charge in [-0.2, -0.15) is 5.26 Å². The predicted molar refractivity (Wildman–Crippen MR) is 73.1 cm³/mol. The van der Waals surface area contributed by atoms with Gasteiger partial charge in [-0.1, -0.05) is 29.3 Å². The number of hydrogen-bond donors (Lipinski definition) is 1. The lowest BCUT2D eigenvalue weighted by Crippen LogP contribution is -2.10. The number of benzene rings is 1.